The molecule has 1 heteroatoms. The second kappa shape index (κ2) is 6.51. The summed E-state index contributed by atoms with van der Waals surface area (Å²) in [6.45, 7) is 2.23. The molecular weight excluding hydrogens is 224 g/mol. The van der Waals surface area contributed by atoms with Crippen molar-refractivity contribution >= 4 is 28.6 Å². The Morgan fingerprint density at radius 3 is 2.71 bits per heavy atom. The van der Waals surface area contributed by atoms with Gasteiger partial charge in [0.2, 0.25) is 0 Å². The zero-order valence-electron chi connectivity index (χ0n) is 10.2. The zero-order valence-corrected chi connectivity index (χ0v) is 11.0. The van der Waals surface area contributed by atoms with Crippen LogP contribution in [0.5, 0.6) is 0 Å². The third kappa shape index (κ3) is 3.64. The van der Waals surface area contributed by atoms with Crippen molar-refractivity contribution < 1.29 is 0 Å². The second-order valence-corrected chi connectivity index (χ2v) is 5.15. The minimum atomic E-state index is 1.22. The van der Waals surface area contributed by atoms with Crippen LogP contribution in [-0.2, 0) is 0 Å². The summed E-state index contributed by atoms with van der Waals surface area (Å²) in [5.41, 5.74) is 1.28. The number of unbranched alkanes of at least 4 members (excludes halogenated alkanes) is 1. The van der Waals surface area contributed by atoms with Gasteiger partial charge in [-0.25, -0.2) is 0 Å². The third-order valence-electron chi connectivity index (χ3n) is 2.75. The maximum Gasteiger partial charge on any atom is -0.00261 e. The number of rotatable bonds is 5. The molecule has 0 aliphatic carbocycles. The number of benzene rings is 2. The quantitative estimate of drug-likeness (QED) is 0.637. The van der Waals surface area contributed by atoms with E-state index < -0.39 is 0 Å². The van der Waals surface area contributed by atoms with Gasteiger partial charge in [-0.3, -0.25) is 0 Å². The van der Waals surface area contributed by atoms with Crippen LogP contribution >= 0.6 is 11.8 Å². The fourth-order valence-electron chi connectivity index (χ4n) is 1.73. The highest BCUT2D eigenvalue weighted by molar-refractivity contribution is 8.02. The van der Waals surface area contributed by atoms with Gasteiger partial charge < -0.3 is 0 Å². The lowest BCUT2D eigenvalue weighted by molar-refractivity contribution is 0.898. The third-order valence-corrected chi connectivity index (χ3v) is 3.60. The topological polar surface area (TPSA) is 0 Å². The SMILES string of the molecule is CCCCS/C=C/c1ccc2ccccc2c1. The molecule has 0 aliphatic heterocycles. The zero-order chi connectivity index (χ0) is 11.9. The molecule has 2 aromatic rings. The van der Waals surface area contributed by atoms with E-state index >= 15 is 0 Å². The number of hydrogen-bond acceptors (Lipinski definition) is 1. The lowest BCUT2D eigenvalue weighted by Gasteiger charge is -1.99. The van der Waals surface area contributed by atoms with E-state index in [-0.39, 0.29) is 0 Å². The highest BCUT2D eigenvalue weighted by Gasteiger charge is 1.92. The molecule has 2 rings (SSSR count). The normalized spacial score (nSPS) is 11.4. The highest BCUT2D eigenvalue weighted by Crippen LogP contribution is 2.17. The van der Waals surface area contributed by atoms with Crippen LogP contribution < -0.4 is 0 Å². The van der Waals surface area contributed by atoms with Crippen molar-refractivity contribution in [3.63, 3.8) is 0 Å². The number of hydrogen-bond donors (Lipinski definition) is 0. The first-order valence-electron chi connectivity index (χ1n) is 6.17. The van der Waals surface area contributed by atoms with E-state index in [4.69, 9.17) is 0 Å². The Morgan fingerprint density at radius 2 is 1.88 bits per heavy atom. The van der Waals surface area contributed by atoms with Gasteiger partial charge >= 0.3 is 0 Å². The Kier molecular flexibility index (Phi) is 4.69. The molecule has 0 spiro atoms. The predicted molar refractivity (Wildman–Crippen MR) is 80.3 cm³/mol. The van der Waals surface area contributed by atoms with E-state index in [1.54, 1.807) is 0 Å². The smallest absolute Gasteiger partial charge is 0.00261 e. The molecule has 17 heavy (non-hydrogen) atoms. The van der Waals surface area contributed by atoms with E-state index in [0.717, 1.165) is 0 Å². The van der Waals surface area contributed by atoms with Crippen molar-refractivity contribution in [2.45, 2.75) is 19.8 Å². The van der Waals surface area contributed by atoms with Crippen LogP contribution in [-0.4, -0.2) is 5.75 Å². The van der Waals surface area contributed by atoms with Gasteiger partial charge in [-0.1, -0.05) is 49.7 Å². The van der Waals surface area contributed by atoms with Crippen LogP contribution in [0, 0.1) is 0 Å². The van der Waals surface area contributed by atoms with Crippen molar-refractivity contribution in [2.75, 3.05) is 5.75 Å². The minimum Gasteiger partial charge on any atom is -0.134 e. The lowest BCUT2D eigenvalue weighted by Crippen LogP contribution is -1.75. The van der Waals surface area contributed by atoms with E-state index in [2.05, 4.69) is 60.9 Å². The van der Waals surface area contributed by atoms with E-state index in [0.29, 0.717) is 0 Å². The Bertz CT molecular complexity index is 500. The summed E-state index contributed by atoms with van der Waals surface area (Å²) >= 11 is 1.90. The van der Waals surface area contributed by atoms with Crippen molar-refractivity contribution in [1.29, 1.82) is 0 Å². The summed E-state index contributed by atoms with van der Waals surface area (Å²) in [7, 11) is 0. The van der Waals surface area contributed by atoms with Crippen molar-refractivity contribution in [2.24, 2.45) is 0 Å². The fourth-order valence-corrected chi connectivity index (χ4v) is 2.58. The Balaban J connectivity index is 2.04. The number of fused-ring (bicyclic) bond motifs is 1. The summed E-state index contributed by atoms with van der Waals surface area (Å²) in [4.78, 5) is 0. The van der Waals surface area contributed by atoms with Crippen LogP contribution in [0.1, 0.15) is 25.3 Å². The molecule has 0 unspecified atom stereocenters. The van der Waals surface area contributed by atoms with Gasteiger partial charge in [0.05, 0.1) is 0 Å². The Morgan fingerprint density at radius 1 is 1.06 bits per heavy atom. The summed E-state index contributed by atoms with van der Waals surface area (Å²) < 4.78 is 0. The molecule has 88 valence electrons. The Hall–Kier alpha value is -1.21. The maximum absolute atomic E-state index is 2.24. The van der Waals surface area contributed by atoms with Crippen LogP contribution in [0.2, 0.25) is 0 Å². The highest BCUT2D eigenvalue weighted by atomic mass is 32.2. The second-order valence-electron chi connectivity index (χ2n) is 4.13. The molecule has 0 nitrogen and oxygen atoms in total. The predicted octanol–water partition coefficient (Wildman–Crippen LogP) is 5.34. The van der Waals surface area contributed by atoms with Crippen molar-refractivity contribution in [3.8, 4) is 0 Å². The monoisotopic (exact) mass is 242 g/mol. The number of thioether (sulfide) groups is 1. The van der Waals surface area contributed by atoms with Gasteiger partial charge in [0, 0.05) is 0 Å². The average Bonchev–Trinajstić information content (AvgIpc) is 2.38. The van der Waals surface area contributed by atoms with Gasteiger partial charge in [-0.15, -0.1) is 11.8 Å². The molecule has 0 atom stereocenters. The van der Waals surface area contributed by atoms with Crippen LogP contribution in [0.3, 0.4) is 0 Å². The molecule has 0 aromatic heterocycles. The van der Waals surface area contributed by atoms with Gasteiger partial charge in [-0.05, 0) is 46.1 Å². The lowest BCUT2D eigenvalue weighted by atomic mass is 10.1. The fraction of sp³-hybridized carbons (Fsp3) is 0.250. The van der Waals surface area contributed by atoms with E-state index in [9.17, 15) is 0 Å². The molecule has 0 N–H and O–H groups in total. The first kappa shape index (κ1) is 12.3. The summed E-state index contributed by atoms with van der Waals surface area (Å²) in [5.74, 6) is 1.22. The van der Waals surface area contributed by atoms with Gasteiger partial charge in [0.15, 0.2) is 0 Å². The maximum atomic E-state index is 2.24. The van der Waals surface area contributed by atoms with Crippen LogP contribution in [0.4, 0.5) is 0 Å². The summed E-state index contributed by atoms with van der Waals surface area (Å²) in [6.07, 6.45) is 4.77. The molecule has 0 radical (unpaired) electrons. The molecule has 0 heterocycles. The first-order chi connectivity index (χ1) is 8.40. The molecule has 0 saturated carbocycles. The average molecular weight is 242 g/mol. The van der Waals surface area contributed by atoms with Gasteiger partial charge in [0.25, 0.3) is 0 Å². The Labute approximate surface area is 108 Å². The van der Waals surface area contributed by atoms with E-state index in [1.165, 1.54) is 34.9 Å². The molecule has 0 fully saturated rings. The van der Waals surface area contributed by atoms with Gasteiger partial charge in [0.1, 0.15) is 0 Å². The largest absolute Gasteiger partial charge is 0.134 e. The summed E-state index contributed by atoms with van der Waals surface area (Å²) in [5, 5.41) is 4.83. The van der Waals surface area contributed by atoms with E-state index in [1.807, 2.05) is 11.8 Å². The molecule has 2 aromatic carbocycles. The summed E-state index contributed by atoms with van der Waals surface area (Å²) in [6, 6.07) is 15.1. The van der Waals surface area contributed by atoms with Crippen molar-refractivity contribution in [1.82, 2.24) is 0 Å². The van der Waals surface area contributed by atoms with Gasteiger partial charge in [-0.2, -0.15) is 0 Å². The minimum absolute atomic E-state index is 1.22. The first-order valence-corrected chi connectivity index (χ1v) is 7.22. The molecule has 0 aliphatic rings. The standard InChI is InChI=1S/C16H18S/c1-2-3-11-17-12-10-14-8-9-15-6-4-5-7-16(15)13-14/h4-10,12-13H,2-3,11H2,1H3/b12-10+. The molecule has 0 amide bonds. The molecular formula is C16H18S. The molecule has 0 saturated heterocycles. The van der Waals surface area contributed by atoms with Crippen molar-refractivity contribution in [3.05, 3.63) is 53.4 Å². The molecule has 0 bridgehead atoms. The van der Waals surface area contributed by atoms with Crippen LogP contribution in [0.25, 0.3) is 16.8 Å². The van der Waals surface area contributed by atoms with Crippen LogP contribution in [0.15, 0.2) is 47.9 Å².